The molecule has 0 saturated heterocycles. The molecule has 2 aromatic heterocycles. The molecular weight excluding hydrogens is 251 g/mol. The van der Waals surface area contributed by atoms with Crippen molar-refractivity contribution in [3.63, 3.8) is 0 Å². The van der Waals surface area contributed by atoms with Crippen molar-refractivity contribution in [2.75, 3.05) is 0 Å². The Kier molecular flexibility index (Phi) is 4.04. The molecule has 2 aromatic rings. The number of hydrogen-bond acceptors (Lipinski definition) is 3. The van der Waals surface area contributed by atoms with Crippen molar-refractivity contribution >= 4 is 17.2 Å². The van der Waals surface area contributed by atoms with E-state index in [4.69, 9.17) is 0 Å². The fraction of sp³-hybridized carbons (Fsp3) is 0.231. The van der Waals surface area contributed by atoms with Crippen LogP contribution < -0.4 is 5.32 Å². The molecule has 2 heterocycles. The summed E-state index contributed by atoms with van der Waals surface area (Å²) in [5, 5.41) is 2.70. The predicted molar refractivity (Wildman–Crippen MR) is 69.1 cm³/mol. The molecule has 94 valence electrons. The summed E-state index contributed by atoms with van der Waals surface area (Å²) < 4.78 is 13.3. The van der Waals surface area contributed by atoms with Crippen LogP contribution in [0.2, 0.25) is 0 Å². The van der Waals surface area contributed by atoms with Crippen LogP contribution in [0.1, 0.15) is 27.0 Å². The maximum absolute atomic E-state index is 13.3. The number of aryl methyl sites for hydroxylation is 1. The first-order chi connectivity index (χ1) is 8.70. The van der Waals surface area contributed by atoms with Crippen molar-refractivity contribution in [2.45, 2.75) is 19.9 Å². The summed E-state index contributed by atoms with van der Waals surface area (Å²) in [4.78, 5) is 17.7. The molecule has 0 unspecified atom stereocenters. The van der Waals surface area contributed by atoms with E-state index in [1.165, 1.54) is 17.1 Å². The molecule has 0 fully saturated rings. The van der Waals surface area contributed by atoms with Crippen molar-refractivity contribution in [1.29, 1.82) is 0 Å². The number of amides is 1. The predicted octanol–water partition coefficient (Wildman–Crippen LogP) is 2.77. The second kappa shape index (κ2) is 5.73. The van der Waals surface area contributed by atoms with Crippen LogP contribution in [0, 0.1) is 5.82 Å². The van der Waals surface area contributed by atoms with E-state index >= 15 is 0 Å². The lowest BCUT2D eigenvalue weighted by Crippen LogP contribution is -2.23. The number of hydrogen-bond donors (Lipinski definition) is 1. The van der Waals surface area contributed by atoms with Gasteiger partial charge in [-0.1, -0.05) is 6.92 Å². The second-order valence-corrected chi connectivity index (χ2v) is 5.01. The van der Waals surface area contributed by atoms with Gasteiger partial charge in [0.1, 0.15) is 0 Å². The Morgan fingerprint density at radius 1 is 1.39 bits per heavy atom. The van der Waals surface area contributed by atoms with Crippen molar-refractivity contribution in [2.24, 2.45) is 0 Å². The van der Waals surface area contributed by atoms with Gasteiger partial charge in [-0.15, -0.1) is 11.3 Å². The number of halogens is 1. The van der Waals surface area contributed by atoms with E-state index in [-0.39, 0.29) is 5.56 Å². The maximum atomic E-state index is 13.3. The normalized spacial score (nSPS) is 10.3. The molecule has 0 aliphatic rings. The minimum Gasteiger partial charge on any atom is -0.347 e. The van der Waals surface area contributed by atoms with Gasteiger partial charge in [0, 0.05) is 16.0 Å². The number of nitrogens with zero attached hydrogens (tertiary/aromatic N) is 1. The summed E-state index contributed by atoms with van der Waals surface area (Å²) in [6, 6.07) is 5.39. The Hall–Kier alpha value is -1.75. The molecule has 0 atom stereocenters. The van der Waals surface area contributed by atoms with Gasteiger partial charge in [-0.3, -0.25) is 9.78 Å². The highest BCUT2D eigenvalue weighted by Gasteiger charge is 2.11. The smallest absolute Gasteiger partial charge is 0.254 e. The van der Waals surface area contributed by atoms with Crippen molar-refractivity contribution in [1.82, 2.24) is 10.3 Å². The van der Waals surface area contributed by atoms with Gasteiger partial charge in [0.05, 0.1) is 18.3 Å². The maximum Gasteiger partial charge on any atom is 0.254 e. The Morgan fingerprint density at radius 2 is 2.17 bits per heavy atom. The van der Waals surface area contributed by atoms with Gasteiger partial charge >= 0.3 is 0 Å². The SMILES string of the molecule is CCc1ccc(CNC(=O)c2ccncc2F)s1. The van der Waals surface area contributed by atoms with E-state index in [0.29, 0.717) is 6.54 Å². The first-order valence-electron chi connectivity index (χ1n) is 5.66. The fourth-order valence-corrected chi connectivity index (χ4v) is 2.43. The molecule has 0 spiro atoms. The van der Waals surface area contributed by atoms with E-state index in [1.54, 1.807) is 11.3 Å². The third-order valence-corrected chi connectivity index (χ3v) is 3.74. The summed E-state index contributed by atoms with van der Waals surface area (Å²) in [6.07, 6.45) is 3.42. The molecule has 0 aliphatic carbocycles. The second-order valence-electron chi connectivity index (χ2n) is 3.76. The number of rotatable bonds is 4. The summed E-state index contributed by atoms with van der Waals surface area (Å²) in [7, 11) is 0. The van der Waals surface area contributed by atoms with Crippen LogP contribution in [-0.2, 0) is 13.0 Å². The topological polar surface area (TPSA) is 42.0 Å². The first-order valence-corrected chi connectivity index (χ1v) is 6.47. The molecule has 0 aromatic carbocycles. The Morgan fingerprint density at radius 3 is 2.83 bits per heavy atom. The third kappa shape index (κ3) is 2.92. The standard InChI is InChI=1S/C13H13FN2OS/c1-2-9-3-4-10(18-9)7-16-13(17)11-5-6-15-8-12(11)14/h3-6,8H,2,7H2,1H3,(H,16,17). The number of carbonyl (C=O) groups is 1. The molecule has 1 amide bonds. The van der Waals surface area contributed by atoms with Crippen LogP contribution in [-0.4, -0.2) is 10.9 Å². The molecule has 2 rings (SSSR count). The molecule has 18 heavy (non-hydrogen) atoms. The summed E-state index contributed by atoms with van der Waals surface area (Å²) >= 11 is 1.65. The van der Waals surface area contributed by atoms with Gasteiger partial charge in [-0.05, 0) is 24.6 Å². The number of aromatic nitrogens is 1. The fourth-order valence-electron chi connectivity index (χ4n) is 1.53. The van der Waals surface area contributed by atoms with Crippen LogP contribution >= 0.6 is 11.3 Å². The average Bonchev–Trinajstić information content (AvgIpc) is 2.84. The minimum absolute atomic E-state index is 0.0253. The highest BCUT2D eigenvalue weighted by atomic mass is 32.1. The van der Waals surface area contributed by atoms with Gasteiger partial charge in [-0.2, -0.15) is 0 Å². The van der Waals surface area contributed by atoms with Gasteiger partial charge < -0.3 is 5.32 Å². The van der Waals surface area contributed by atoms with Crippen LogP contribution in [0.15, 0.2) is 30.6 Å². The average molecular weight is 264 g/mol. The van der Waals surface area contributed by atoms with E-state index < -0.39 is 11.7 Å². The highest BCUT2D eigenvalue weighted by Crippen LogP contribution is 2.16. The number of nitrogens with one attached hydrogen (secondary N) is 1. The van der Waals surface area contributed by atoms with Crippen molar-refractivity contribution in [3.8, 4) is 0 Å². The van der Waals surface area contributed by atoms with Gasteiger partial charge in [-0.25, -0.2) is 4.39 Å². The van der Waals surface area contributed by atoms with Gasteiger partial charge in [0.25, 0.3) is 5.91 Å². The first kappa shape index (κ1) is 12.7. The number of pyridine rings is 1. The minimum atomic E-state index is -0.601. The lowest BCUT2D eigenvalue weighted by molar-refractivity contribution is 0.0947. The summed E-state index contributed by atoms with van der Waals surface area (Å²) in [5.41, 5.74) is 0.0253. The van der Waals surface area contributed by atoms with E-state index in [0.717, 1.165) is 17.5 Å². The summed E-state index contributed by atoms with van der Waals surface area (Å²) in [6.45, 7) is 2.51. The van der Waals surface area contributed by atoms with Crippen LogP contribution in [0.25, 0.3) is 0 Å². The van der Waals surface area contributed by atoms with Crippen LogP contribution in [0.4, 0.5) is 4.39 Å². The largest absolute Gasteiger partial charge is 0.347 e. The van der Waals surface area contributed by atoms with Gasteiger partial charge in [0.2, 0.25) is 0 Å². The van der Waals surface area contributed by atoms with Crippen LogP contribution in [0.5, 0.6) is 0 Å². The Labute approximate surface area is 109 Å². The third-order valence-electron chi connectivity index (χ3n) is 2.51. The van der Waals surface area contributed by atoms with E-state index in [9.17, 15) is 9.18 Å². The molecule has 0 bridgehead atoms. The Balaban J connectivity index is 1.98. The lowest BCUT2D eigenvalue weighted by Gasteiger charge is -2.04. The van der Waals surface area contributed by atoms with Crippen LogP contribution in [0.3, 0.4) is 0 Å². The lowest BCUT2D eigenvalue weighted by atomic mass is 10.2. The van der Waals surface area contributed by atoms with E-state index in [2.05, 4.69) is 17.2 Å². The van der Waals surface area contributed by atoms with Crippen molar-refractivity contribution < 1.29 is 9.18 Å². The summed E-state index contributed by atoms with van der Waals surface area (Å²) in [5.74, 6) is -1.02. The quantitative estimate of drug-likeness (QED) is 0.922. The van der Waals surface area contributed by atoms with Crippen molar-refractivity contribution in [3.05, 3.63) is 51.7 Å². The zero-order valence-electron chi connectivity index (χ0n) is 9.94. The van der Waals surface area contributed by atoms with E-state index in [1.807, 2.05) is 12.1 Å². The molecular formula is C13H13FN2OS. The zero-order valence-corrected chi connectivity index (χ0v) is 10.8. The van der Waals surface area contributed by atoms with Gasteiger partial charge in [0.15, 0.2) is 5.82 Å². The zero-order chi connectivity index (χ0) is 13.0. The molecule has 0 saturated carbocycles. The molecule has 5 heteroatoms. The monoisotopic (exact) mass is 264 g/mol. The molecule has 0 radical (unpaired) electrons. The number of carbonyl (C=O) groups excluding carboxylic acids is 1. The number of thiophene rings is 1. The Bertz CT molecular complexity index is 553. The molecule has 3 nitrogen and oxygen atoms in total. The molecule has 1 N–H and O–H groups in total. The molecule has 0 aliphatic heterocycles. The highest BCUT2D eigenvalue weighted by molar-refractivity contribution is 7.11.